The number of carbonyl (C=O) groups is 1. The number of rotatable bonds is 4. The van der Waals surface area contributed by atoms with Crippen LogP contribution in [0.2, 0.25) is 0 Å². The molecule has 144 valence electrons. The predicted molar refractivity (Wildman–Crippen MR) is 106 cm³/mol. The van der Waals surface area contributed by atoms with E-state index in [1.807, 2.05) is 10.9 Å². The SMILES string of the molecule is C#CC(C[C@H]1CCC2=C1[C@@H](C)c1cnn(-c3ccc(F)cc3)c1C2)NC(C)=O. The number of fused-ring (bicyclic) bond motifs is 1. The van der Waals surface area contributed by atoms with Crippen LogP contribution in [0.1, 0.15) is 50.3 Å². The molecule has 4 rings (SSSR count). The Morgan fingerprint density at radius 1 is 1.43 bits per heavy atom. The number of nitrogens with zero attached hydrogens (tertiary/aromatic N) is 2. The third-order valence-electron chi connectivity index (χ3n) is 6.03. The highest BCUT2D eigenvalue weighted by molar-refractivity contribution is 5.73. The molecule has 0 fully saturated rings. The van der Waals surface area contributed by atoms with E-state index < -0.39 is 0 Å². The highest BCUT2D eigenvalue weighted by atomic mass is 19.1. The second-order valence-electron chi connectivity index (χ2n) is 7.78. The van der Waals surface area contributed by atoms with E-state index in [4.69, 9.17) is 6.42 Å². The van der Waals surface area contributed by atoms with E-state index >= 15 is 0 Å². The van der Waals surface area contributed by atoms with E-state index in [9.17, 15) is 9.18 Å². The van der Waals surface area contributed by atoms with Crippen molar-refractivity contribution in [3.05, 3.63) is 58.7 Å². The molecule has 0 saturated heterocycles. The Balaban J connectivity index is 1.61. The van der Waals surface area contributed by atoms with E-state index in [-0.39, 0.29) is 23.7 Å². The first-order valence-corrected chi connectivity index (χ1v) is 9.75. The molecule has 1 N–H and O–H groups in total. The summed E-state index contributed by atoms with van der Waals surface area (Å²) in [5, 5.41) is 7.47. The van der Waals surface area contributed by atoms with Crippen molar-refractivity contribution in [3.8, 4) is 18.0 Å². The maximum Gasteiger partial charge on any atom is 0.217 e. The fourth-order valence-electron chi connectivity index (χ4n) is 4.83. The summed E-state index contributed by atoms with van der Waals surface area (Å²) < 4.78 is 15.2. The minimum atomic E-state index is -0.246. The van der Waals surface area contributed by atoms with Gasteiger partial charge in [0.25, 0.3) is 0 Å². The summed E-state index contributed by atoms with van der Waals surface area (Å²) in [6.45, 7) is 3.73. The van der Waals surface area contributed by atoms with Crippen molar-refractivity contribution in [2.75, 3.05) is 0 Å². The van der Waals surface area contributed by atoms with Gasteiger partial charge in [0.1, 0.15) is 5.82 Å². The summed E-state index contributed by atoms with van der Waals surface area (Å²) in [5.41, 5.74) is 6.23. The van der Waals surface area contributed by atoms with Crippen LogP contribution in [0.4, 0.5) is 4.39 Å². The Labute approximate surface area is 164 Å². The van der Waals surface area contributed by atoms with Crippen molar-refractivity contribution < 1.29 is 9.18 Å². The number of amides is 1. The summed E-state index contributed by atoms with van der Waals surface area (Å²) in [5.74, 6) is 3.05. The Morgan fingerprint density at radius 3 is 2.86 bits per heavy atom. The first-order valence-electron chi connectivity index (χ1n) is 9.75. The van der Waals surface area contributed by atoms with Crippen LogP contribution in [0.25, 0.3) is 5.69 Å². The quantitative estimate of drug-likeness (QED) is 0.649. The monoisotopic (exact) mass is 377 g/mol. The topological polar surface area (TPSA) is 46.9 Å². The van der Waals surface area contributed by atoms with Gasteiger partial charge < -0.3 is 5.32 Å². The zero-order valence-electron chi connectivity index (χ0n) is 16.2. The van der Waals surface area contributed by atoms with E-state index in [1.54, 1.807) is 12.1 Å². The molecule has 0 saturated carbocycles. The van der Waals surface area contributed by atoms with Crippen LogP contribution in [0.3, 0.4) is 0 Å². The van der Waals surface area contributed by atoms with Crippen molar-refractivity contribution in [1.82, 2.24) is 15.1 Å². The molecule has 1 aromatic carbocycles. The summed E-state index contributed by atoms with van der Waals surface area (Å²) >= 11 is 0. The molecule has 5 heteroatoms. The maximum atomic E-state index is 13.3. The number of aromatic nitrogens is 2. The molecule has 1 heterocycles. The highest BCUT2D eigenvalue weighted by Gasteiger charge is 2.36. The minimum absolute atomic E-state index is 0.0882. The van der Waals surface area contributed by atoms with Gasteiger partial charge in [-0.1, -0.05) is 24.0 Å². The fourth-order valence-corrected chi connectivity index (χ4v) is 4.83. The van der Waals surface area contributed by atoms with Gasteiger partial charge in [-0.15, -0.1) is 6.42 Å². The third-order valence-corrected chi connectivity index (χ3v) is 6.03. The van der Waals surface area contributed by atoms with Crippen LogP contribution >= 0.6 is 0 Å². The van der Waals surface area contributed by atoms with Gasteiger partial charge in [0, 0.05) is 24.8 Å². The predicted octanol–water partition coefficient (Wildman–Crippen LogP) is 3.91. The number of carbonyl (C=O) groups excluding carboxylic acids is 1. The Morgan fingerprint density at radius 2 is 2.18 bits per heavy atom. The van der Waals surface area contributed by atoms with Gasteiger partial charge in [-0.25, -0.2) is 9.07 Å². The summed E-state index contributed by atoms with van der Waals surface area (Å²) in [6, 6.07) is 6.23. The molecule has 28 heavy (non-hydrogen) atoms. The molecule has 0 aliphatic heterocycles. The highest BCUT2D eigenvalue weighted by Crippen LogP contribution is 2.48. The molecule has 1 aromatic heterocycles. The molecule has 2 aliphatic rings. The number of hydrogen-bond donors (Lipinski definition) is 1. The van der Waals surface area contributed by atoms with E-state index in [0.29, 0.717) is 5.92 Å². The summed E-state index contributed by atoms with van der Waals surface area (Å²) in [7, 11) is 0. The summed E-state index contributed by atoms with van der Waals surface area (Å²) in [6.07, 6.45) is 11.3. The second kappa shape index (κ2) is 7.27. The first-order chi connectivity index (χ1) is 13.5. The second-order valence-corrected chi connectivity index (χ2v) is 7.78. The lowest BCUT2D eigenvalue weighted by Gasteiger charge is -2.28. The molecule has 4 nitrogen and oxygen atoms in total. The van der Waals surface area contributed by atoms with Gasteiger partial charge >= 0.3 is 0 Å². The van der Waals surface area contributed by atoms with Gasteiger partial charge in [0.2, 0.25) is 5.91 Å². The van der Waals surface area contributed by atoms with Crippen molar-refractivity contribution >= 4 is 5.91 Å². The van der Waals surface area contributed by atoms with Crippen LogP contribution in [-0.2, 0) is 11.2 Å². The van der Waals surface area contributed by atoms with E-state index in [1.165, 1.54) is 41.5 Å². The average Bonchev–Trinajstić information content (AvgIpc) is 3.26. The average molecular weight is 377 g/mol. The zero-order chi connectivity index (χ0) is 19.8. The largest absolute Gasteiger partial charge is 0.343 e. The van der Waals surface area contributed by atoms with Crippen LogP contribution in [-0.4, -0.2) is 21.7 Å². The molecule has 0 spiro atoms. The molecular formula is C23H24FN3O. The zero-order valence-corrected chi connectivity index (χ0v) is 16.2. The lowest BCUT2D eigenvalue weighted by Crippen LogP contribution is -2.33. The maximum absolute atomic E-state index is 13.3. The van der Waals surface area contributed by atoms with Crippen molar-refractivity contribution in [2.24, 2.45) is 5.92 Å². The van der Waals surface area contributed by atoms with Crippen molar-refractivity contribution in [3.63, 3.8) is 0 Å². The van der Waals surface area contributed by atoms with Gasteiger partial charge in [-0.3, -0.25) is 4.79 Å². The first kappa shape index (κ1) is 18.5. The normalized spacial score (nSPS) is 21.6. The third kappa shape index (κ3) is 3.24. The van der Waals surface area contributed by atoms with E-state index in [0.717, 1.165) is 31.4 Å². The smallest absolute Gasteiger partial charge is 0.217 e. The molecule has 3 atom stereocenters. The standard InChI is InChI=1S/C23H24FN3O/c1-4-19(26-15(3)28)11-16-5-6-17-12-22-21(14(2)23(16)17)13-25-27(22)20-9-7-18(24)8-10-20/h1,7-10,13-14,16,19H,5-6,11-12H2,2-3H3,(H,26,28)/t14-,16+,19?/m0/s1. The van der Waals surface area contributed by atoms with Gasteiger partial charge in [0.15, 0.2) is 0 Å². The minimum Gasteiger partial charge on any atom is -0.343 e. The molecule has 2 aliphatic carbocycles. The van der Waals surface area contributed by atoms with Crippen molar-refractivity contribution in [2.45, 2.75) is 51.5 Å². The van der Waals surface area contributed by atoms with Gasteiger partial charge in [-0.05, 0) is 49.4 Å². The number of hydrogen-bond acceptors (Lipinski definition) is 2. The number of allylic oxidation sites excluding steroid dienone is 2. The van der Waals surface area contributed by atoms with Gasteiger partial charge in [-0.2, -0.15) is 5.10 Å². The Kier molecular flexibility index (Phi) is 4.80. The number of benzene rings is 1. The lowest BCUT2D eigenvalue weighted by molar-refractivity contribution is -0.119. The molecule has 0 bridgehead atoms. The number of nitrogens with one attached hydrogen (secondary N) is 1. The number of halogens is 1. The molecule has 2 aromatic rings. The molecule has 1 unspecified atom stereocenters. The van der Waals surface area contributed by atoms with Crippen LogP contribution < -0.4 is 5.32 Å². The summed E-state index contributed by atoms with van der Waals surface area (Å²) in [4.78, 5) is 11.4. The number of terminal acetylenes is 1. The Bertz CT molecular complexity index is 980. The van der Waals surface area contributed by atoms with Crippen molar-refractivity contribution in [1.29, 1.82) is 0 Å². The molecular weight excluding hydrogens is 353 g/mol. The Hall–Kier alpha value is -2.87. The van der Waals surface area contributed by atoms with Crippen LogP contribution in [0.15, 0.2) is 41.6 Å². The van der Waals surface area contributed by atoms with Crippen LogP contribution in [0, 0.1) is 24.1 Å². The van der Waals surface area contributed by atoms with Crippen LogP contribution in [0.5, 0.6) is 0 Å². The lowest BCUT2D eigenvalue weighted by atomic mass is 9.78. The fraction of sp³-hybridized carbons (Fsp3) is 0.391. The van der Waals surface area contributed by atoms with E-state index in [2.05, 4.69) is 23.3 Å². The molecule has 1 amide bonds. The van der Waals surface area contributed by atoms with Gasteiger partial charge in [0.05, 0.1) is 23.6 Å². The molecule has 0 radical (unpaired) electrons.